The molecule has 0 saturated heterocycles. The number of rotatable bonds is 6. The Balaban J connectivity index is 1.84. The van der Waals surface area contributed by atoms with Crippen LogP contribution in [0.1, 0.15) is 36.2 Å². The summed E-state index contributed by atoms with van der Waals surface area (Å²) < 4.78 is 0. The van der Waals surface area contributed by atoms with Crippen LogP contribution in [-0.4, -0.2) is 18.0 Å². The smallest absolute Gasteiger partial charge is 0.319 e. The highest BCUT2D eigenvalue weighted by atomic mass is 16.2. The molecule has 0 spiro atoms. The van der Waals surface area contributed by atoms with E-state index in [2.05, 4.69) is 16.0 Å². The first-order chi connectivity index (χ1) is 11.6. The maximum atomic E-state index is 12.0. The summed E-state index contributed by atoms with van der Waals surface area (Å²) >= 11 is 0. The van der Waals surface area contributed by atoms with Crippen LogP contribution in [0, 0.1) is 0 Å². The van der Waals surface area contributed by atoms with E-state index in [-0.39, 0.29) is 18.0 Å². The van der Waals surface area contributed by atoms with E-state index in [0.29, 0.717) is 17.8 Å². The molecule has 2 aromatic rings. The summed E-state index contributed by atoms with van der Waals surface area (Å²) in [5.74, 6) is -0.107. The monoisotopic (exact) mass is 325 g/mol. The summed E-state index contributed by atoms with van der Waals surface area (Å²) in [6.45, 7) is 4.44. The molecular formula is C19H23N3O2. The highest BCUT2D eigenvalue weighted by molar-refractivity contribution is 5.95. The standard InChI is InChI=1S/C19H23N3O2/c1-3-14(2)21-18(23)16-9-11-17(12-10-16)22-19(24)20-13-15-7-5-4-6-8-15/h4-12,14H,3,13H2,1-2H3,(H,21,23)(H2,20,22,24). The molecule has 1 atom stereocenters. The molecule has 24 heavy (non-hydrogen) atoms. The van der Waals surface area contributed by atoms with Crippen molar-refractivity contribution in [3.05, 3.63) is 65.7 Å². The van der Waals surface area contributed by atoms with Gasteiger partial charge in [0.2, 0.25) is 0 Å². The average molecular weight is 325 g/mol. The van der Waals surface area contributed by atoms with Gasteiger partial charge in [-0.1, -0.05) is 37.3 Å². The maximum absolute atomic E-state index is 12.0. The SMILES string of the molecule is CCC(C)NC(=O)c1ccc(NC(=O)NCc2ccccc2)cc1. The third kappa shape index (κ3) is 5.43. The number of hydrogen-bond donors (Lipinski definition) is 3. The Hall–Kier alpha value is -2.82. The van der Waals surface area contributed by atoms with Crippen LogP contribution in [-0.2, 0) is 6.54 Å². The first kappa shape index (κ1) is 17.5. The van der Waals surface area contributed by atoms with Crippen LogP contribution < -0.4 is 16.0 Å². The number of benzene rings is 2. The second kappa shape index (κ2) is 8.72. The van der Waals surface area contributed by atoms with Gasteiger partial charge in [0.1, 0.15) is 0 Å². The van der Waals surface area contributed by atoms with Crippen molar-refractivity contribution >= 4 is 17.6 Å². The van der Waals surface area contributed by atoms with Gasteiger partial charge in [-0.3, -0.25) is 4.79 Å². The molecule has 0 aliphatic heterocycles. The number of hydrogen-bond acceptors (Lipinski definition) is 2. The number of amides is 3. The minimum atomic E-state index is -0.282. The van der Waals surface area contributed by atoms with E-state index < -0.39 is 0 Å². The predicted octanol–water partition coefficient (Wildman–Crippen LogP) is 3.54. The van der Waals surface area contributed by atoms with Crippen molar-refractivity contribution in [3.8, 4) is 0 Å². The molecule has 1 unspecified atom stereocenters. The van der Waals surface area contributed by atoms with Crippen molar-refractivity contribution in [1.29, 1.82) is 0 Å². The number of carbonyl (C=O) groups is 2. The topological polar surface area (TPSA) is 70.2 Å². The molecule has 5 nitrogen and oxygen atoms in total. The second-order valence-electron chi connectivity index (χ2n) is 5.65. The van der Waals surface area contributed by atoms with Crippen LogP contribution in [0.15, 0.2) is 54.6 Å². The normalized spacial score (nSPS) is 11.4. The first-order valence-electron chi connectivity index (χ1n) is 8.08. The quantitative estimate of drug-likeness (QED) is 0.760. The lowest BCUT2D eigenvalue weighted by atomic mass is 10.1. The van der Waals surface area contributed by atoms with Crippen molar-refractivity contribution in [3.63, 3.8) is 0 Å². The molecule has 0 fully saturated rings. The van der Waals surface area contributed by atoms with Gasteiger partial charge in [0, 0.05) is 23.8 Å². The van der Waals surface area contributed by atoms with Crippen LogP contribution >= 0.6 is 0 Å². The van der Waals surface area contributed by atoms with E-state index in [0.717, 1.165) is 12.0 Å². The molecule has 3 amide bonds. The molecule has 0 bridgehead atoms. The van der Waals surface area contributed by atoms with Crippen LogP contribution in [0.5, 0.6) is 0 Å². The van der Waals surface area contributed by atoms with E-state index in [1.165, 1.54) is 0 Å². The molecule has 0 aliphatic carbocycles. The minimum Gasteiger partial charge on any atom is -0.350 e. The Kier molecular flexibility index (Phi) is 6.37. The second-order valence-corrected chi connectivity index (χ2v) is 5.65. The van der Waals surface area contributed by atoms with E-state index >= 15 is 0 Å². The van der Waals surface area contributed by atoms with Crippen molar-refractivity contribution < 1.29 is 9.59 Å². The zero-order chi connectivity index (χ0) is 17.4. The van der Waals surface area contributed by atoms with Gasteiger partial charge in [0.05, 0.1) is 0 Å². The Morgan fingerprint density at radius 3 is 2.29 bits per heavy atom. The molecule has 2 aromatic carbocycles. The lowest BCUT2D eigenvalue weighted by Crippen LogP contribution is -2.32. The van der Waals surface area contributed by atoms with Crippen molar-refractivity contribution in [2.45, 2.75) is 32.9 Å². The average Bonchev–Trinajstić information content (AvgIpc) is 2.61. The Morgan fingerprint density at radius 2 is 1.67 bits per heavy atom. The van der Waals surface area contributed by atoms with Gasteiger partial charge in [-0.05, 0) is 43.2 Å². The molecule has 0 saturated carbocycles. The van der Waals surface area contributed by atoms with Crippen LogP contribution in [0.3, 0.4) is 0 Å². The van der Waals surface area contributed by atoms with Gasteiger partial charge in [0.25, 0.3) is 5.91 Å². The van der Waals surface area contributed by atoms with Gasteiger partial charge in [-0.25, -0.2) is 4.79 Å². The van der Waals surface area contributed by atoms with E-state index in [1.54, 1.807) is 24.3 Å². The summed E-state index contributed by atoms with van der Waals surface area (Å²) in [4.78, 5) is 23.9. The summed E-state index contributed by atoms with van der Waals surface area (Å²) in [5, 5.41) is 8.44. The fraction of sp³-hybridized carbons (Fsp3) is 0.263. The highest BCUT2D eigenvalue weighted by Gasteiger charge is 2.08. The first-order valence-corrected chi connectivity index (χ1v) is 8.08. The van der Waals surface area contributed by atoms with Gasteiger partial charge in [-0.2, -0.15) is 0 Å². The van der Waals surface area contributed by atoms with Gasteiger partial charge >= 0.3 is 6.03 Å². The van der Waals surface area contributed by atoms with Crippen molar-refractivity contribution in [1.82, 2.24) is 10.6 Å². The third-order valence-electron chi connectivity index (χ3n) is 3.69. The Morgan fingerprint density at radius 1 is 1.00 bits per heavy atom. The molecule has 126 valence electrons. The molecule has 0 radical (unpaired) electrons. The van der Waals surface area contributed by atoms with Crippen molar-refractivity contribution in [2.24, 2.45) is 0 Å². The van der Waals surface area contributed by atoms with Gasteiger partial charge in [0.15, 0.2) is 0 Å². The molecule has 3 N–H and O–H groups in total. The molecule has 2 rings (SSSR count). The van der Waals surface area contributed by atoms with Gasteiger partial charge < -0.3 is 16.0 Å². The molecular weight excluding hydrogens is 302 g/mol. The van der Waals surface area contributed by atoms with E-state index in [4.69, 9.17) is 0 Å². The predicted molar refractivity (Wildman–Crippen MR) is 96.0 cm³/mol. The summed E-state index contributed by atoms with van der Waals surface area (Å²) in [7, 11) is 0. The van der Waals surface area contributed by atoms with Gasteiger partial charge in [-0.15, -0.1) is 0 Å². The zero-order valence-electron chi connectivity index (χ0n) is 14.0. The zero-order valence-corrected chi connectivity index (χ0v) is 14.0. The lowest BCUT2D eigenvalue weighted by molar-refractivity contribution is 0.0939. The highest BCUT2D eigenvalue weighted by Crippen LogP contribution is 2.10. The van der Waals surface area contributed by atoms with E-state index in [9.17, 15) is 9.59 Å². The summed E-state index contributed by atoms with van der Waals surface area (Å²) in [5.41, 5.74) is 2.25. The number of carbonyl (C=O) groups excluding carboxylic acids is 2. The molecule has 0 aliphatic rings. The molecule has 0 heterocycles. The number of urea groups is 1. The third-order valence-corrected chi connectivity index (χ3v) is 3.69. The molecule has 5 heteroatoms. The fourth-order valence-electron chi connectivity index (χ4n) is 2.07. The van der Waals surface area contributed by atoms with Crippen LogP contribution in [0.2, 0.25) is 0 Å². The fourth-order valence-corrected chi connectivity index (χ4v) is 2.07. The van der Waals surface area contributed by atoms with Crippen LogP contribution in [0.25, 0.3) is 0 Å². The lowest BCUT2D eigenvalue weighted by Gasteiger charge is -2.12. The number of nitrogens with one attached hydrogen (secondary N) is 3. The van der Waals surface area contributed by atoms with E-state index in [1.807, 2.05) is 44.2 Å². The largest absolute Gasteiger partial charge is 0.350 e. The van der Waals surface area contributed by atoms with Crippen molar-refractivity contribution in [2.75, 3.05) is 5.32 Å². The van der Waals surface area contributed by atoms with Crippen LogP contribution in [0.4, 0.5) is 10.5 Å². The minimum absolute atomic E-state index is 0.107. The summed E-state index contributed by atoms with van der Waals surface area (Å²) in [6.07, 6.45) is 0.882. The number of anilines is 1. The molecule has 0 aromatic heterocycles. The maximum Gasteiger partial charge on any atom is 0.319 e. The summed E-state index contributed by atoms with van der Waals surface area (Å²) in [6, 6.07) is 16.4. The Bertz CT molecular complexity index is 669. The Labute approximate surface area is 142 Å².